The molecule has 7 heteroatoms. The minimum Gasteiger partial charge on any atom is -0.390 e. The average Bonchev–Trinajstić information content (AvgIpc) is 2.85. The van der Waals surface area contributed by atoms with Gasteiger partial charge in [-0.2, -0.15) is 5.26 Å². The van der Waals surface area contributed by atoms with Crippen molar-refractivity contribution in [2.24, 2.45) is 17.8 Å². The van der Waals surface area contributed by atoms with Crippen molar-refractivity contribution in [2.45, 2.75) is 56.7 Å². The average molecular weight is 472 g/mol. The van der Waals surface area contributed by atoms with Crippen molar-refractivity contribution in [3.05, 3.63) is 53.7 Å². The van der Waals surface area contributed by atoms with Gasteiger partial charge in [0.15, 0.2) is 0 Å². The fourth-order valence-corrected chi connectivity index (χ4v) is 7.43. The Morgan fingerprint density at radius 1 is 1.11 bits per heavy atom. The van der Waals surface area contributed by atoms with E-state index in [1.807, 2.05) is 36.4 Å². The summed E-state index contributed by atoms with van der Waals surface area (Å²) in [5.74, 6) is 2.13. The van der Waals surface area contributed by atoms with Crippen molar-refractivity contribution in [3.63, 3.8) is 0 Å². The highest BCUT2D eigenvalue weighted by molar-refractivity contribution is 5.93. The summed E-state index contributed by atoms with van der Waals surface area (Å²) < 4.78 is 0. The maximum Gasteiger partial charge on any atom is 0.270 e. The molecule has 4 saturated carbocycles. The SMILES string of the molecule is C[C@H]1CN(c2ccc(C#N)cc2)CCN1c1cccc(C(=O)NC2C3CC4CC2CC(O)(C4)C3)n1. The number of nitrogens with one attached hydrogen (secondary N) is 1. The first-order valence-electron chi connectivity index (χ1n) is 12.9. The summed E-state index contributed by atoms with van der Waals surface area (Å²) in [7, 11) is 0. The van der Waals surface area contributed by atoms with Crippen LogP contribution in [0.3, 0.4) is 0 Å². The van der Waals surface area contributed by atoms with Crippen molar-refractivity contribution in [1.29, 1.82) is 5.26 Å². The Balaban J connectivity index is 1.12. The largest absolute Gasteiger partial charge is 0.390 e. The Kier molecular flexibility index (Phi) is 5.45. The van der Waals surface area contributed by atoms with E-state index < -0.39 is 5.60 Å². The highest BCUT2D eigenvalue weighted by Gasteiger charge is 2.55. The Hall–Kier alpha value is -3.11. The van der Waals surface area contributed by atoms with Crippen LogP contribution in [0.1, 0.15) is 55.1 Å². The van der Waals surface area contributed by atoms with Gasteiger partial charge in [-0.25, -0.2) is 4.98 Å². The molecule has 1 aliphatic heterocycles. The third kappa shape index (κ3) is 4.14. The number of piperazine rings is 1. The molecule has 5 fully saturated rings. The molecule has 2 heterocycles. The molecular weight excluding hydrogens is 438 g/mol. The van der Waals surface area contributed by atoms with Crippen LogP contribution in [0.2, 0.25) is 0 Å². The number of hydrogen-bond donors (Lipinski definition) is 2. The third-order valence-electron chi connectivity index (χ3n) is 8.79. The van der Waals surface area contributed by atoms with E-state index in [0.717, 1.165) is 63.2 Å². The molecule has 1 aromatic heterocycles. The monoisotopic (exact) mass is 471 g/mol. The molecule has 7 nitrogen and oxygen atoms in total. The number of rotatable bonds is 4. The van der Waals surface area contributed by atoms with Gasteiger partial charge in [-0.1, -0.05) is 6.07 Å². The first-order chi connectivity index (χ1) is 16.9. The lowest BCUT2D eigenvalue weighted by molar-refractivity contribution is -0.136. The number of pyridine rings is 1. The predicted molar refractivity (Wildman–Crippen MR) is 134 cm³/mol. The van der Waals surface area contributed by atoms with E-state index in [-0.39, 0.29) is 18.0 Å². The molecule has 1 amide bonds. The van der Waals surface area contributed by atoms with Crippen LogP contribution in [0.5, 0.6) is 0 Å². The minimum atomic E-state index is -0.494. The number of hydrogen-bond acceptors (Lipinski definition) is 6. The molecule has 7 rings (SSSR count). The highest BCUT2D eigenvalue weighted by atomic mass is 16.3. The van der Waals surface area contributed by atoms with E-state index in [4.69, 9.17) is 10.2 Å². The molecule has 0 radical (unpaired) electrons. The maximum absolute atomic E-state index is 13.2. The summed E-state index contributed by atoms with van der Waals surface area (Å²) in [5.41, 5.74) is 1.77. The molecule has 182 valence electrons. The van der Waals surface area contributed by atoms with Gasteiger partial charge in [0, 0.05) is 37.4 Å². The van der Waals surface area contributed by atoms with Gasteiger partial charge in [-0.05, 0) is 93.2 Å². The second-order valence-electron chi connectivity index (χ2n) is 11.2. The Labute approximate surface area is 206 Å². The number of carbonyl (C=O) groups excluding carboxylic acids is 1. The van der Waals surface area contributed by atoms with Crippen LogP contribution in [-0.2, 0) is 0 Å². The quantitative estimate of drug-likeness (QED) is 0.711. The standard InChI is InChI=1S/C28H33N5O2/c1-18-17-32(23-7-5-19(16-29)6-8-23)9-10-33(18)25-4-2-3-24(30-25)27(34)31-26-21-11-20-12-22(26)15-28(35,13-20)14-21/h2-8,18,20-22,26,35H,9-15,17H2,1H3,(H,31,34)/t18-,20?,21?,22?,26?,28?/m0/s1. The van der Waals surface area contributed by atoms with Crippen molar-refractivity contribution < 1.29 is 9.90 Å². The van der Waals surface area contributed by atoms with Gasteiger partial charge >= 0.3 is 0 Å². The fourth-order valence-electron chi connectivity index (χ4n) is 7.43. The number of amides is 1. The van der Waals surface area contributed by atoms with E-state index in [2.05, 4.69) is 28.1 Å². The van der Waals surface area contributed by atoms with E-state index >= 15 is 0 Å². The van der Waals surface area contributed by atoms with Gasteiger partial charge in [0.25, 0.3) is 5.91 Å². The fraction of sp³-hybridized carbons (Fsp3) is 0.536. The molecule has 1 aromatic carbocycles. The second kappa shape index (κ2) is 8.53. The summed E-state index contributed by atoms with van der Waals surface area (Å²) >= 11 is 0. The van der Waals surface area contributed by atoms with Gasteiger partial charge in [0.2, 0.25) is 0 Å². The van der Waals surface area contributed by atoms with E-state index in [1.54, 1.807) is 6.07 Å². The van der Waals surface area contributed by atoms with Gasteiger partial charge in [-0.15, -0.1) is 0 Å². The van der Waals surface area contributed by atoms with E-state index in [9.17, 15) is 9.90 Å². The lowest BCUT2D eigenvalue weighted by Gasteiger charge is -2.58. The number of nitrogens with zero attached hydrogens (tertiary/aromatic N) is 4. The topological polar surface area (TPSA) is 92.5 Å². The zero-order chi connectivity index (χ0) is 24.2. The van der Waals surface area contributed by atoms with Crippen LogP contribution in [0, 0.1) is 29.1 Å². The van der Waals surface area contributed by atoms with E-state index in [1.165, 1.54) is 0 Å². The molecule has 2 unspecified atom stereocenters. The maximum atomic E-state index is 13.2. The number of benzene rings is 1. The van der Waals surface area contributed by atoms with Crippen LogP contribution >= 0.6 is 0 Å². The lowest BCUT2D eigenvalue weighted by Crippen LogP contribution is -2.61. The van der Waals surface area contributed by atoms with E-state index in [0.29, 0.717) is 29.0 Å². The molecule has 4 aliphatic carbocycles. The Morgan fingerprint density at radius 2 is 1.86 bits per heavy atom. The summed E-state index contributed by atoms with van der Waals surface area (Å²) in [6, 6.07) is 16.0. The molecule has 5 aliphatic rings. The zero-order valence-corrected chi connectivity index (χ0v) is 20.2. The van der Waals surface area contributed by atoms with Crippen molar-refractivity contribution in [2.75, 3.05) is 29.4 Å². The lowest BCUT2D eigenvalue weighted by atomic mass is 9.52. The minimum absolute atomic E-state index is 0.0971. The van der Waals surface area contributed by atoms with Gasteiger partial charge in [-0.3, -0.25) is 4.79 Å². The molecule has 2 aromatic rings. The summed E-state index contributed by atoms with van der Waals surface area (Å²) in [6.45, 7) is 4.69. The number of carbonyl (C=O) groups is 1. The number of aliphatic hydroxyl groups is 1. The van der Waals surface area contributed by atoms with Gasteiger partial charge in [0.05, 0.1) is 17.2 Å². The number of nitriles is 1. The number of aromatic nitrogens is 1. The smallest absolute Gasteiger partial charge is 0.270 e. The predicted octanol–water partition coefficient (Wildman–Crippen LogP) is 3.34. The highest BCUT2D eigenvalue weighted by Crippen LogP contribution is 2.55. The summed E-state index contributed by atoms with van der Waals surface area (Å²) in [4.78, 5) is 22.6. The normalized spacial score (nSPS) is 33.5. The summed E-state index contributed by atoms with van der Waals surface area (Å²) in [5, 5.41) is 23.2. The molecule has 2 N–H and O–H groups in total. The summed E-state index contributed by atoms with van der Waals surface area (Å²) in [6.07, 6.45) is 4.83. The van der Waals surface area contributed by atoms with Crippen molar-refractivity contribution in [1.82, 2.24) is 10.3 Å². The Bertz CT molecular complexity index is 1140. The van der Waals surface area contributed by atoms with Crippen LogP contribution in [0.25, 0.3) is 0 Å². The van der Waals surface area contributed by atoms with Crippen LogP contribution in [0.4, 0.5) is 11.5 Å². The molecule has 4 bridgehead atoms. The first kappa shape index (κ1) is 22.4. The molecule has 3 atom stereocenters. The number of anilines is 2. The zero-order valence-electron chi connectivity index (χ0n) is 20.2. The Morgan fingerprint density at radius 3 is 2.51 bits per heavy atom. The van der Waals surface area contributed by atoms with Gasteiger partial charge < -0.3 is 20.2 Å². The molecule has 0 spiro atoms. The second-order valence-corrected chi connectivity index (χ2v) is 11.2. The van der Waals surface area contributed by atoms with Crippen molar-refractivity contribution in [3.8, 4) is 6.07 Å². The van der Waals surface area contributed by atoms with Crippen molar-refractivity contribution >= 4 is 17.4 Å². The molecular formula is C28H33N5O2. The third-order valence-corrected chi connectivity index (χ3v) is 8.79. The van der Waals surface area contributed by atoms with Crippen LogP contribution < -0.4 is 15.1 Å². The first-order valence-corrected chi connectivity index (χ1v) is 12.9. The molecule has 1 saturated heterocycles. The van der Waals surface area contributed by atoms with Gasteiger partial charge in [0.1, 0.15) is 11.5 Å². The van der Waals surface area contributed by atoms with Crippen LogP contribution in [0.15, 0.2) is 42.5 Å². The molecule has 35 heavy (non-hydrogen) atoms. The van der Waals surface area contributed by atoms with Crippen LogP contribution in [-0.4, -0.2) is 53.3 Å².